The Hall–Kier alpha value is -4.03. The van der Waals surface area contributed by atoms with Crippen LogP contribution < -0.4 is 5.32 Å². The van der Waals surface area contributed by atoms with E-state index in [0.29, 0.717) is 12.0 Å². The summed E-state index contributed by atoms with van der Waals surface area (Å²) in [6.07, 6.45) is -0.510. The van der Waals surface area contributed by atoms with Crippen LogP contribution in [-0.4, -0.2) is 50.9 Å². The fraction of sp³-hybridized carbons (Fsp3) is 0.292. The molecule has 0 bridgehead atoms. The van der Waals surface area contributed by atoms with Gasteiger partial charge in [0.15, 0.2) is 0 Å². The van der Waals surface area contributed by atoms with Crippen LogP contribution in [0.2, 0.25) is 0 Å². The number of nitrogens with zero attached hydrogens (tertiary/aromatic N) is 2. The summed E-state index contributed by atoms with van der Waals surface area (Å²) in [4.78, 5) is 51.9. The fourth-order valence-corrected chi connectivity index (χ4v) is 4.98. The van der Waals surface area contributed by atoms with E-state index in [1.807, 2.05) is 36.4 Å². The maximum Gasteiger partial charge on any atom is 0.325 e. The molecule has 0 aromatic heterocycles. The van der Waals surface area contributed by atoms with E-state index < -0.39 is 53.6 Å². The molecule has 2 heterocycles. The molecule has 9 nitrogen and oxygen atoms in total. The molecule has 0 saturated carbocycles. The van der Waals surface area contributed by atoms with Crippen molar-refractivity contribution in [3.8, 4) is 6.07 Å². The van der Waals surface area contributed by atoms with Gasteiger partial charge in [-0.15, -0.1) is 0 Å². The molecule has 2 aliphatic heterocycles. The van der Waals surface area contributed by atoms with Crippen LogP contribution in [0.15, 0.2) is 54.6 Å². The van der Waals surface area contributed by atoms with E-state index in [0.717, 1.165) is 10.5 Å². The van der Waals surface area contributed by atoms with E-state index in [9.17, 15) is 34.7 Å². The second-order valence-electron chi connectivity index (χ2n) is 8.24. The second kappa shape index (κ2) is 8.48. The molecule has 0 spiro atoms. The number of rotatable bonds is 7. The van der Waals surface area contributed by atoms with Crippen LogP contribution in [0.5, 0.6) is 0 Å². The lowest BCUT2D eigenvalue weighted by Crippen LogP contribution is -2.57. The predicted molar refractivity (Wildman–Crippen MR) is 113 cm³/mol. The summed E-state index contributed by atoms with van der Waals surface area (Å²) < 4.78 is 0. The van der Waals surface area contributed by atoms with Gasteiger partial charge in [0.05, 0.1) is 29.9 Å². The van der Waals surface area contributed by atoms with Gasteiger partial charge in [-0.1, -0.05) is 48.5 Å². The van der Waals surface area contributed by atoms with Crippen molar-refractivity contribution in [2.75, 3.05) is 6.54 Å². The normalized spacial score (nSPS) is 26.2. The number of amides is 2. The molecule has 2 aromatic carbocycles. The van der Waals surface area contributed by atoms with Crippen molar-refractivity contribution < 1.29 is 29.4 Å². The average Bonchev–Trinajstić information content (AvgIpc) is 3.27. The zero-order valence-corrected chi connectivity index (χ0v) is 17.5. The van der Waals surface area contributed by atoms with Crippen LogP contribution in [0.4, 0.5) is 0 Å². The molecule has 2 amide bonds. The van der Waals surface area contributed by atoms with Crippen molar-refractivity contribution in [1.29, 1.82) is 5.26 Å². The maximum atomic E-state index is 13.4. The summed E-state index contributed by atoms with van der Waals surface area (Å²) >= 11 is 0. The van der Waals surface area contributed by atoms with Gasteiger partial charge in [0.25, 0.3) is 0 Å². The topological polar surface area (TPSA) is 148 Å². The third-order valence-electron chi connectivity index (χ3n) is 6.44. The Bertz CT molecular complexity index is 1170. The van der Waals surface area contributed by atoms with E-state index in [1.165, 1.54) is 6.07 Å². The van der Waals surface area contributed by atoms with Gasteiger partial charge in [-0.3, -0.25) is 29.4 Å². The van der Waals surface area contributed by atoms with Crippen molar-refractivity contribution in [2.45, 2.75) is 24.4 Å². The molecule has 33 heavy (non-hydrogen) atoms. The van der Waals surface area contributed by atoms with Gasteiger partial charge >= 0.3 is 11.9 Å². The smallest absolute Gasteiger partial charge is 0.325 e. The van der Waals surface area contributed by atoms with Gasteiger partial charge in [-0.2, -0.15) is 5.26 Å². The molecule has 2 fully saturated rings. The number of nitriles is 1. The first-order valence-electron chi connectivity index (χ1n) is 10.4. The van der Waals surface area contributed by atoms with Crippen molar-refractivity contribution >= 4 is 23.8 Å². The highest BCUT2D eigenvalue weighted by molar-refractivity contribution is 6.10. The third-order valence-corrected chi connectivity index (χ3v) is 6.44. The minimum atomic E-state index is -2.18. The quantitative estimate of drug-likeness (QED) is 0.539. The van der Waals surface area contributed by atoms with E-state index in [4.69, 9.17) is 0 Å². The lowest BCUT2D eigenvalue weighted by atomic mass is 9.77. The Labute approximate surface area is 189 Å². The van der Waals surface area contributed by atoms with Crippen LogP contribution in [-0.2, 0) is 25.6 Å². The molecule has 168 valence electrons. The van der Waals surface area contributed by atoms with Gasteiger partial charge in [-0.25, -0.2) is 0 Å². The Morgan fingerprint density at radius 2 is 1.70 bits per heavy atom. The molecule has 4 unspecified atom stereocenters. The Morgan fingerprint density at radius 3 is 2.33 bits per heavy atom. The monoisotopic (exact) mass is 447 g/mol. The summed E-state index contributed by atoms with van der Waals surface area (Å²) in [7, 11) is 0. The Morgan fingerprint density at radius 1 is 1.03 bits per heavy atom. The number of imide groups is 1. The van der Waals surface area contributed by atoms with Gasteiger partial charge in [-0.05, 0) is 23.6 Å². The van der Waals surface area contributed by atoms with Crippen LogP contribution in [0.25, 0.3) is 0 Å². The number of likely N-dealkylation sites (tertiary alicyclic amines) is 1. The highest BCUT2D eigenvalue weighted by atomic mass is 16.4. The van der Waals surface area contributed by atoms with Gasteiger partial charge in [0, 0.05) is 12.6 Å². The highest BCUT2D eigenvalue weighted by Crippen LogP contribution is 2.50. The summed E-state index contributed by atoms with van der Waals surface area (Å²) in [6, 6.07) is 16.6. The number of carbonyl (C=O) groups excluding carboxylic acids is 2. The number of carboxylic acid groups (broad SMARTS) is 2. The van der Waals surface area contributed by atoms with E-state index in [1.54, 1.807) is 18.2 Å². The number of hydrogen-bond acceptors (Lipinski definition) is 6. The largest absolute Gasteiger partial charge is 0.481 e. The summed E-state index contributed by atoms with van der Waals surface area (Å²) in [5, 5.41) is 31.9. The molecule has 4 atom stereocenters. The van der Waals surface area contributed by atoms with E-state index >= 15 is 0 Å². The minimum absolute atomic E-state index is 0.0457. The van der Waals surface area contributed by atoms with Crippen LogP contribution >= 0.6 is 0 Å². The van der Waals surface area contributed by atoms with Crippen LogP contribution in [0.1, 0.15) is 29.2 Å². The Balaban J connectivity index is 1.77. The molecule has 2 saturated heterocycles. The van der Waals surface area contributed by atoms with Crippen molar-refractivity contribution in [2.24, 2.45) is 11.8 Å². The molecule has 4 rings (SSSR count). The molecule has 2 aliphatic rings. The van der Waals surface area contributed by atoms with Gasteiger partial charge in [0.2, 0.25) is 11.8 Å². The van der Waals surface area contributed by atoms with Crippen LogP contribution in [0.3, 0.4) is 0 Å². The van der Waals surface area contributed by atoms with Crippen molar-refractivity contribution in [3.63, 3.8) is 0 Å². The lowest BCUT2D eigenvalue weighted by molar-refractivity contribution is -0.156. The van der Waals surface area contributed by atoms with Crippen LogP contribution in [0, 0.1) is 23.2 Å². The predicted octanol–water partition coefficient (Wildman–Crippen LogP) is 1.34. The number of fused-ring (bicyclic) bond motifs is 1. The summed E-state index contributed by atoms with van der Waals surface area (Å²) in [5.74, 6) is -6.78. The standard InChI is InChI=1S/C24H21N3O6/c25-13-15-8-4-5-9-16(15)20-18-19(24(26-20,23(32)33)12-17(28)29)22(31)27(21(18)30)11-10-14-6-2-1-3-7-14/h1-9,18-20,26H,10-12H2,(H,28,29)(H,32,33). The van der Waals surface area contributed by atoms with Crippen molar-refractivity contribution in [3.05, 3.63) is 71.3 Å². The minimum Gasteiger partial charge on any atom is -0.481 e. The first-order chi connectivity index (χ1) is 15.8. The maximum absolute atomic E-state index is 13.4. The first-order valence-corrected chi connectivity index (χ1v) is 10.4. The molecular weight excluding hydrogens is 426 g/mol. The summed E-state index contributed by atoms with van der Waals surface area (Å²) in [5.41, 5.74) is -0.713. The zero-order chi connectivity index (χ0) is 23.8. The number of nitrogens with one attached hydrogen (secondary N) is 1. The summed E-state index contributed by atoms with van der Waals surface area (Å²) in [6.45, 7) is 0.0457. The molecule has 9 heteroatoms. The molecule has 2 aromatic rings. The van der Waals surface area contributed by atoms with E-state index in [2.05, 4.69) is 5.32 Å². The number of hydrogen-bond donors (Lipinski definition) is 3. The zero-order valence-electron chi connectivity index (χ0n) is 17.5. The van der Waals surface area contributed by atoms with Gasteiger partial charge < -0.3 is 10.2 Å². The third kappa shape index (κ3) is 3.64. The van der Waals surface area contributed by atoms with Crippen molar-refractivity contribution in [1.82, 2.24) is 10.2 Å². The van der Waals surface area contributed by atoms with E-state index in [-0.39, 0.29) is 12.1 Å². The second-order valence-corrected chi connectivity index (χ2v) is 8.24. The molecule has 0 aliphatic carbocycles. The number of carboxylic acids is 2. The SMILES string of the molecule is N#Cc1ccccc1C1NC(CC(=O)O)(C(=O)O)C2C(=O)N(CCc3ccccc3)C(=O)C12. The fourth-order valence-electron chi connectivity index (χ4n) is 4.98. The van der Waals surface area contributed by atoms with Gasteiger partial charge in [0.1, 0.15) is 5.54 Å². The average molecular weight is 447 g/mol. The highest BCUT2D eigenvalue weighted by Gasteiger charge is 2.69. The number of benzene rings is 2. The molecular formula is C24H21N3O6. The molecule has 0 radical (unpaired) electrons. The number of aliphatic carboxylic acids is 2. The number of carbonyl (C=O) groups is 4. The first kappa shape index (κ1) is 22.2. The Kier molecular flexibility index (Phi) is 5.70. The lowest BCUT2D eigenvalue weighted by Gasteiger charge is -2.30. The molecule has 3 N–H and O–H groups in total.